The van der Waals surface area contributed by atoms with Crippen molar-refractivity contribution in [3.63, 3.8) is 0 Å². The predicted octanol–water partition coefficient (Wildman–Crippen LogP) is -0.451. The maximum Gasteiger partial charge on any atom is 0.246 e. The molecule has 0 unspecified atom stereocenters. The quantitative estimate of drug-likeness (QED) is 0.118. The Morgan fingerprint density at radius 1 is 0.667 bits per heavy atom. The van der Waals surface area contributed by atoms with Crippen molar-refractivity contribution in [1.82, 2.24) is 21.3 Å². The first-order valence-electron chi connectivity index (χ1n) is 12.7. The second-order valence-electron chi connectivity index (χ2n) is 8.08. The Kier molecular flexibility index (Phi) is 23.1. The highest BCUT2D eigenvalue weighted by Gasteiger charge is 2.10. The number of ketones is 1. The van der Waals surface area contributed by atoms with E-state index in [2.05, 4.69) is 21.3 Å². The van der Waals surface area contributed by atoms with Crippen molar-refractivity contribution in [2.45, 2.75) is 52.0 Å². The zero-order chi connectivity index (χ0) is 26.9. The zero-order valence-corrected chi connectivity index (χ0v) is 22.2. The largest absolute Gasteiger partial charge is 0.377 e. The number of hydrogen-bond acceptors (Lipinski definition) is 9. The number of likely N-dealkylation sites (N-methyl/N-ethyl adjacent to an activating group) is 1. The van der Waals surface area contributed by atoms with E-state index in [1.165, 1.54) is 0 Å². The number of ether oxygens (including phenoxy) is 4. The Morgan fingerprint density at radius 2 is 1.17 bits per heavy atom. The van der Waals surface area contributed by atoms with E-state index in [1.54, 1.807) is 14.0 Å². The molecule has 12 heteroatoms. The number of Topliss-reactive ketones (excluding diaryl/α,β-unsaturated/α-hetero) is 1. The summed E-state index contributed by atoms with van der Waals surface area (Å²) in [5, 5.41) is 11.2. The molecule has 0 aromatic carbocycles. The molecule has 0 rings (SSSR count). The summed E-state index contributed by atoms with van der Waals surface area (Å²) in [5.74, 6) is -0.306. The average molecular weight is 519 g/mol. The van der Waals surface area contributed by atoms with Crippen LogP contribution >= 0.6 is 0 Å². The van der Waals surface area contributed by atoms with Crippen LogP contribution in [0.15, 0.2) is 0 Å². The lowest BCUT2D eigenvalue weighted by molar-refractivity contribution is -0.127. The normalized spacial score (nSPS) is 11.6. The zero-order valence-electron chi connectivity index (χ0n) is 22.2. The molecule has 1 atom stereocenters. The van der Waals surface area contributed by atoms with Crippen LogP contribution < -0.4 is 21.3 Å². The molecule has 0 heterocycles. The Bertz CT molecular complexity index is 607. The first-order chi connectivity index (χ1) is 17.4. The van der Waals surface area contributed by atoms with Crippen molar-refractivity contribution in [3.05, 3.63) is 0 Å². The van der Waals surface area contributed by atoms with Gasteiger partial charge in [0.1, 0.15) is 19.0 Å². The van der Waals surface area contributed by atoms with E-state index in [-0.39, 0.29) is 56.0 Å². The highest BCUT2D eigenvalue weighted by atomic mass is 16.5. The first-order valence-corrected chi connectivity index (χ1v) is 12.7. The summed E-state index contributed by atoms with van der Waals surface area (Å²) < 4.78 is 21.1. The van der Waals surface area contributed by atoms with Crippen LogP contribution in [0.5, 0.6) is 0 Å². The summed E-state index contributed by atoms with van der Waals surface area (Å²) in [5.41, 5.74) is 0. The van der Waals surface area contributed by atoms with Gasteiger partial charge in [0.25, 0.3) is 0 Å². The van der Waals surface area contributed by atoms with E-state index in [1.807, 2.05) is 6.92 Å². The van der Waals surface area contributed by atoms with Gasteiger partial charge in [-0.2, -0.15) is 0 Å². The molecule has 0 bridgehead atoms. The van der Waals surface area contributed by atoms with E-state index in [0.717, 1.165) is 25.7 Å². The van der Waals surface area contributed by atoms with Crippen LogP contribution in [0.4, 0.5) is 0 Å². The van der Waals surface area contributed by atoms with Crippen molar-refractivity contribution < 1.29 is 38.1 Å². The van der Waals surface area contributed by atoms with Gasteiger partial charge in [-0.15, -0.1) is 0 Å². The molecule has 210 valence electrons. The van der Waals surface area contributed by atoms with Gasteiger partial charge in [-0.1, -0.05) is 6.92 Å². The smallest absolute Gasteiger partial charge is 0.246 e. The molecule has 0 spiro atoms. The minimum Gasteiger partial charge on any atom is -0.377 e. The first kappa shape index (κ1) is 33.9. The lowest BCUT2D eigenvalue weighted by Gasteiger charge is -2.12. The molecule has 0 saturated heterocycles. The van der Waals surface area contributed by atoms with Crippen molar-refractivity contribution in [2.75, 3.05) is 79.5 Å². The lowest BCUT2D eigenvalue weighted by atomic mass is 10.1. The number of rotatable bonds is 25. The molecule has 0 aromatic rings. The Balaban J connectivity index is 3.39. The van der Waals surface area contributed by atoms with Gasteiger partial charge in [-0.25, -0.2) is 0 Å². The summed E-state index contributed by atoms with van der Waals surface area (Å²) in [4.78, 5) is 46.0. The molecule has 4 N–H and O–H groups in total. The Morgan fingerprint density at radius 3 is 1.67 bits per heavy atom. The maximum atomic E-state index is 11.7. The fourth-order valence-corrected chi connectivity index (χ4v) is 2.96. The molecular formula is C24H46N4O8. The van der Waals surface area contributed by atoms with Gasteiger partial charge in [0.15, 0.2) is 0 Å². The van der Waals surface area contributed by atoms with Crippen LogP contribution in [-0.2, 0) is 38.1 Å². The monoisotopic (exact) mass is 518 g/mol. The van der Waals surface area contributed by atoms with Gasteiger partial charge in [-0.3, -0.25) is 19.2 Å². The van der Waals surface area contributed by atoms with Crippen LogP contribution in [0.3, 0.4) is 0 Å². The number of unbranched alkanes of at least 4 members (excludes halogenated alkanes) is 1. The number of carbonyl (C=O) groups is 4. The van der Waals surface area contributed by atoms with E-state index >= 15 is 0 Å². The third kappa shape index (κ3) is 22.4. The maximum absolute atomic E-state index is 11.7. The average Bonchev–Trinajstić information content (AvgIpc) is 2.84. The van der Waals surface area contributed by atoms with Gasteiger partial charge in [0.05, 0.1) is 45.7 Å². The van der Waals surface area contributed by atoms with Gasteiger partial charge in [0, 0.05) is 26.1 Å². The third-order valence-electron chi connectivity index (χ3n) is 4.91. The number of hydrogen-bond donors (Lipinski definition) is 4. The van der Waals surface area contributed by atoms with E-state index in [0.29, 0.717) is 52.5 Å². The molecule has 0 aromatic heterocycles. The second-order valence-corrected chi connectivity index (χ2v) is 8.08. The van der Waals surface area contributed by atoms with Crippen molar-refractivity contribution in [3.8, 4) is 0 Å². The fourth-order valence-electron chi connectivity index (χ4n) is 2.96. The van der Waals surface area contributed by atoms with Crippen molar-refractivity contribution >= 4 is 23.5 Å². The molecule has 0 fully saturated rings. The third-order valence-corrected chi connectivity index (χ3v) is 4.91. The molecule has 0 radical (unpaired) electrons. The lowest BCUT2D eigenvalue weighted by Crippen LogP contribution is -2.33. The van der Waals surface area contributed by atoms with Gasteiger partial charge >= 0.3 is 0 Å². The van der Waals surface area contributed by atoms with Gasteiger partial charge in [-0.05, 0) is 39.7 Å². The molecule has 0 aliphatic rings. The number of carbonyl (C=O) groups excluding carboxylic acids is 4. The van der Waals surface area contributed by atoms with E-state index in [4.69, 9.17) is 18.9 Å². The minimum atomic E-state index is -0.249. The molecule has 3 amide bonds. The Hall–Kier alpha value is -2.12. The van der Waals surface area contributed by atoms with Crippen LogP contribution in [0.1, 0.15) is 46.0 Å². The van der Waals surface area contributed by atoms with Crippen LogP contribution in [0.2, 0.25) is 0 Å². The van der Waals surface area contributed by atoms with Gasteiger partial charge < -0.3 is 40.2 Å². The van der Waals surface area contributed by atoms with Crippen LogP contribution in [0, 0.1) is 0 Å². The molecular weight excluding hydrogens is 472 g/mol. The molecule has 0 aliphatic heterocycles. The van der Waals surface area contributed by atoms with Crippen molar-refractivity contribution in [1.29, 1.82) is 0 Å². The topological polar surface area (TPSA) is 153 Å². The summed E-state index contributed by atoms with van der Waals surface area (Å²) in [6.45, 7) is 6.68. The summed E-state index contributed by atoms with van der Waals surface area (Å²) in [6.07, 6.45) is 3.72. The summed E-state index contributed by atoms with van der Waals surface area (Å²) in [6, 6.07) is -0.126. The molecule has 36 heavy (non-hydrogen) atoms. The SMILES string of the molecule is CCCC(=O)NCCOCCOCC(=O)NCCOCCOCC(=O)NCCCC[C@H](NC)C(C)=O. The summed E-state index contributed by atoms with van der Waals surface area (Å²) >= 11 is 0. The minimum absolute atomic E-state index is 0.0158. The standard InChI is InChI=1S/C24H46N4O8/c1-4-7-22(30)27-10-12-33-14-17-36-19-24(32)28-11-13-34-15-16-35-18-23(31)26-9-6-5-8-21(25-3)20(2)29/h21,25H,4-19H2,1-3H3,(H,26,31)(H,27,30)(H,28,32)/t21-/m0/s1. The second kappa shape index (κ2) is 24.6. The van der Waals surface area contributed by atoms with Crippen LogP contribution in [0.25, 0.3) is 0 Å². The molecule has 12 nitrogen and oxygen atoms in total. The van der Waals surface area contributed by atoms with E-state index in [9.17, 15) is 19.2 Å². The van der Waals surface area contributed by atoms with E-state index < -0.39 is 0 Å². The van der Waals surface area contributed by atoms with Gasteiger partial charge in [0.2, 0.25) is 17.7 Å². The number of amides is 3. The predicted molar refractivity (Wildman–Crippen MR) is 135 cm³/mol. The summed E-state index contributed by atoms with van der Waals surface area (Å²) in [7, 11) is 1.77. The highest BCUT2D eigenvalue weighted by Crippen LogP contribution is 2.01. The molecule has 0 saturated carbocycles. The van der Waals surface area contributed by atoms with Crippen LogP contribution in [-0.4, -0.2) is 109 Å². The fraction of sp³-hybridized carbons (Fsp3) is 0.833. The van der Waals surface area contributed by atoms with Crippen molar-refractivity contribution in [2.24, 2.45) is 0 Å². The molecule has 0 aliphatic carbocycles. The Labute approximate surface area is 214 Å². The highest BCUT2D eigenvalue weighted by molar-refractivity contribution is 5.81. The number of nitrogens with one attached hydrogen (secondary N) is 4.